The third-order valence-electron chi connectivity index (χ3n) is 4.17. The van der Waals surface area contributed by atoms with Crippen molar-refractivity contribution in [3.8, 4) is 0 Å². The summed E-state index contributed by atoms with van der Waals surface area (Å²) in [7, 11) is 0. The lowest BCUT2D eigenvalue weighted by Gasteiger charge is -2.31. The molecule has 0 spiro atoms. The number of hydrogen-bond donors (Lipinski definition) is 1. The van der Waals surface area contributed by atoms with Gasteiger partial charge in [0.15, 0.2) is 0 Å². The number of carbonyl (C=O) groups is 3. The molecule has 1 aromatic rings. The number of nitro benzene ring substituents is 1. The second-order valence-corrected chi connectivity index (χ2v) is 5.97. The molecule has 10 nitrogen and oxygen atoms in total. The summed E-state index contributed by atoms with van der Waals surface area (Å²) in [6.07, 6.45) is 0. The van der Waals surface area contributed by atoms with Crippen LogP contribution in [0.15, 0.2) is 46.8 Å². The molecule has 0 aliphatic carbocycles. The Kier molecular flexibility index (Phi) is 6.71. The minimum atomic E-state index is -1.69. The smallest absolute Gasteiger partial charge is 0.337 e. The molecule has 10 heteroatoms. The van der Waals surface area contributed by atoms with Crippen LogP contribution in [0.1, 0.15) is 32.3 Å². The number of nitro groups is 1. The molecule has 0 radical (unpaired) electrons. The van der Waals surface area contributed by atoms with E-state index in [4.69, 9.17) is 9.47 Å². The topological polar surface area (TPSA) is 148 Å². The molecule has 1 N–H and O–H groups in total. The van der Waals surface area contributed by atoms with E-state index in [2.05, 4.69) is 5.32 Å². The Morgan fingerprint density at radius 1 is 1.10 bits per heavy atom. The number of esters is 2. The molecule has 1 aliphatic rings. The van der Waals surface area contributed by atoms with E-state index in [0.29, 0.717) is 0 Å². The van der Waals surface area contributed by atoms with Crippen molar-refractivity contribution < 1.29 is 33.9 Å². The van der Waals surface area contributed by atoms with Gasteiger partial charge in [0.1, 0.15) is 0 Å². The summed E-state index contributed by atoms with van der Waals surface area (Å²) < 4.78 is 10.0. The number of carbonyl (C=O) groups excluding carboxylic acids is 3. The molecule has 1 aliphatic heterocycles. The molecule has 1 atom stereocenters. The van der Waals surface area contributed by atoms with Crippen LogP contribution in [-0.2, 0) is 23.9 Å². The molecule has 0 fully saturated rings. The summed E-state index contributed by atoms with van der Waals surface area (Å²) in [5.74, 6) is -4.74. The van der Waals surface area contributed by atoms with Crippen molar-refractivity contribution in [2.75, 3.05) is 13.2 Å². The molecule has 0 saturated heterocycles. The van der Waals surface area contributed by atoms with E-state index in [-0.39, 0.29) is 35.7 Å². The SMILES string of the molecule is CCOC(=O)C1=C(C)NC(C(=O)[O-])=C(C(=O)OCC)C1c1cccc([N+](=O)[O-])c1. The van der Waals surface area contributed by atoms with Crippen LogP contribution < -0.4 is 10.4 Å². The van der Waals surface area contributed by atoms with Crippen LogP contribution >= 0.6 is 0 Å². The first-order valence-corrected chi connectivity index (χ1v) is 8.74. The average molecular weight is 403 g/mol. The first-order chi connectivity index (χ1) is 13.7. The summed E-state index contributed by atoms with van der Waals surface area (Å²) in [5, 5.41) is 25.4. The maximum Gasteiger partial charge on any atom is 0.337 e. The lowest BCUT2D eigenvalue weighted by atomic mass is 9.80. The van der Waals surface area contributed by atoms with Crippen molar-refractivity contribution in [2.45, 2.75) is 26.7 Å². The molecule has 1 aromatic carbocycles. The maximum absolute atomic E-state index is 12.6. The normalized spacial score (nSPS) is 16.2. The molecule has 2 rings (SSSR count). The largest absolute Gasteiger partial charge is 0.543 e. The highest BCUT2D eigenvalue weighted by molar-refractivity contribution is 6.05. The Labute approximate surface area is 165 Å². The number of carboxylic acid groups (broad SMARTS) is 1. The number of rotatable bonds is 7. The second-order valence-electron chi connectivity index (χ2n) is 5.97. The van der Waals surface area contributed by atoms with E-state index in [0.717, 1.165) is 6.07 Å². The Hall–Kier alpha value is -3.69. The number of non-ortho nitro benzene ring substituents is 1. The number of nitrogens with zero attached hydrogens (tertiary/aromatic N) is 1. The van der Waals surface area contributed by atoms with E-state index in [1.165, 1.54) is 32.0 Å². The fourth-order valence-electron chi connectivity index (χ4n) is 3.05. The van der Waals surface area contributed by atoms with Crippen LogP contribution in [0.3, 0.4) is 0 Å². The van der Waals surface area contributed by atoms with Gasteiger partial charge in [0, 0.05) is 17.8 Å². The number of ether oxygens (including phenoxy) is 2. The highest BCUT2D eigenvalue weighted by atomic mass is 16.6. The minimum absolute atomic E-state index is 0.0308. The fourth-order valence-corrected chi connectivity index (χ4v) is 3.05. The Bertz CT molecular complexity index is 932. The first kappa shape index (κ1) is 21.6. The zero-order valence-electron chi connectivity index (χ0n) is 16.0. The fraction of sp³-hybridized carbons (Fsp3) is 0.316. The van der Waals surface area contributed by atoms with Gasteiger partial charge in [-0.1, -0.05) is 12.1 Å². The third kappa shape index (κ3) is 4.42. The van der Waals surface area contributed by atoms with Crippen molar-refractivity contribution >= 4 is 23.6 Å². The predicted octanol–water partition coefficient (Wildman–Crippen LogP) is 0.686. The molecule has 0 amide bonds. The predicted molar refractivity (Wildman–Crippen MR) is 97.0 cm³/mol. The number of carboxylic acids is 1. The zero-order valence-corrected chi connectivity index (χ0v) is 16.0. The van der Waals surface area contributed by atoms with E-state index in [1.807, 2.05) is 0 Å². The first-order valence-electron chi connectivity index (χ1n) is 8.74. The molecular weight excluding hydrogens is 384 g/mol. The maximum atomic E-state index is 12.6. The van der Waals surface area contributed by atoms with Gasteiger partial charge in [-0.05, 0) is 26.3 Å². The van der Waals surface area contributed by atoms with Crippen molar-refractivity contribution in [1.29, 1.82) is 0 Å². The Morgan fingerprint density at radius 2 is 1.69 bits per heavy atom. The summed E-state index contributed by atoms with van der Waals surface area (Å²) in [6.45, 7) is 4.52. The summed E-state index contributed by atoms with van der Waals surface area (Å²) in [4.78, 5) is 47.5. The van der Waals surface area contributed by atoms with Crippen molar-refractivity contribution in [2.24, 2.45) is 0 Å². The van der Waals surface area contributed by atoms with E-state index >= 15 is 0 Å². The van der Waals surface area contributed by atoms with E-state index in [1.54, 1.807) is 6.92 Å². The summed E-state index contributed by atoms with van der Waals surface area (Å²) >= 11 is 0. The minimum Gasteiger partial charge on any atom is -0.543 e. The molecule has 0 saturated carbocycles. The molecule has 1 unspecified atom stereocenters. The summed E-state index contributed by atoms with van der Waals surface area (Å²) in [5.41, 5.74) is -1.05. The average Bonchev–Trinajstić information content (AvgIpc) is 2.67. The molecule has 0 aromatic heterocycles. The lowest BCUT2D eigenvalue weighted by Crippen LogP contribution is -2.40. The van der Waals surface area contributed by atoms with E-state index in [9.17, 15) is 29.6 Å². The Morgan fingerprint density at radius 3 is 2.21 bits per heavy atom. The number of benzene rings is 1. The molecule has 0 bridgehead atoms. The van der Waals surface area contributed by atoms with Crippen molar-refractivity contribution in [3.05, 3.63) is 62.5 Å². The number of dihydropyridines is 1. The number of allylic oxidation sites excluding steroid dienone is 1. The van der Waals surface area contributed by atoms with Gasteiger partial charge < -0.3 is 24.7 Å². The van der Waals surface area contributed by atoms with E-state index < -0.39 is 40.0 Å². The molecule has 154 valence electrons. The van der Waals surface area contributed by atoms with Gasteiger partial charge in [0.2, 0.25) is 0 Å². The third-order valence-corrected chi connectivity index (χ3v) is 4.17. The highest BCUT2D eigenvalue weighted by Gasteiger charge is 2.39. The summed E-state index contributed by atoms with van der Waals surface area (Å²) in [6, 6.07) is 5.21. The van der Waals surface area contributed by atoms with Crippen LogP contribution in [0.2, 0.25) is 0 Å². The molecule has 1 heterocycles. The van der Waals surface area contributed by atoms with Gasteiger partial charge in [-0.25, -0.2) is 9.59 Å². The number of nitrogens with one attached hydrogen (secondary N) is 1. The monoisotopic (exact) mass is 403 g/mol. The highest BCUT2D eigenvalue weighted by Crippen LogP contribution is 2.40. The molecular formula is C19H19N2O8-. The van der Waals surface area contributed by atoms with Gasteiger partial charge in [0.05, 0.1) is 46.9 Å². The van der Waals surface area contributed by atoms with Crippen molar-refractivity contribution in [3.63, 3.8) is 0 Å². The van der Waals surface area contributed by atoms with Gasteiger partial charge in [0.25, 0.3) is 5.69 Å². The number of aliphatic carboxylic acids is 1. The van der Waals surface area contributed by atoms with Crippen LogP contribution in [0.25, 0.3) is 0 Å². The second kappa shape index (κ2) is 9.00. The molecule has 29 heavy (non-hydrogen) atoms. The quantitative estimate of drug-likeness (QED) is 0.394. The van der Waals surface area contributed by atoms with Crippen LogP contribution in [0.4, 0.5) is 5.69 Å². The van der Waals surface area contributed by atoms with Gasteiger partial charge >= 0.3 is 11.9 Å². The van der Waals surface area contributed by atoms with Crippen LogP contribution in [0, 0.1) is 10.1 Å². The van der Waals surface area contributed by atoms with Crippen molar-refractivity contribution in [1.82, 2.24) is 5.32 Å². The standard InChI is InChI=1S/C19H20N2O8/c1-4-28-18(24)13-10(3)20-16(17(22)23)15(19(25)29-5-2)14(13)11-7-6-8-12(9-11)21(26)27/h6-9,14,20H,4-5H2,1-3H3,(H,22,23)/p-1. The van der Waals surface area contributed by atoms with Crippen LogP contribution in [-0.4, -0.2) is 36.0 Å². The van der Waals surface area contributed by atoms with Gasteiger partial charge in [-0.2, -0.15) is 0 Å². The van der Waals surface area contributed by atoms with Crippen LogP contribution in [0.5, 0.6) is 0 Å². The van der Waals surface area contributed by atoms with Gasteiger partial charge in [-0.3, -0.25) is 10.1 Å². The number of hydrogen-bond acceptors (Lipinski definition) is 9. The lowest BCUT2D eigenvalue weighted by molar-refractivity contribution is -0.384. The zero-order chi connectivity index (χ0) is 21.7. The Balaban J connectivity index is 2.80. The van der Waals surface area contributed by atoms with Gasteiger partial charge in [-0.15, -0.1) is 0 Å².